The van der Waals surface area contributed by atoms with Crippen molar-refractivity contribution in [2.24, 2.45) is 0 Å². The minimum Gasteiger partial charge on any atom is -0.455 e. The fourth-order valence-corrected chi connectivity index (χ4v) is 4.81. The van der Waals surface area contributed by atoms with Crippen molar-refractivity contribution in [3.63, 3.8) is 0 Å². The van der Waals surface area contributed by atoms with Gasteiger partial charge in [-0.1, -0.05) is 23.8 Å². The Morgan fingerprint density at radius 1 is 1.09 bits per heavy atom. The largest absolute Gasteiger partial charge is 0.455 e. The molecule has 6 rings (SSSR count). The third-order valence-electron chi connectivity index (χ3n) is 6.62. The number of nitrogens with one attached hydrogen (secondary N) is 2. The molecule has 4 aromatic rings. The number of aryl methyl sites for hydroxylation is 1. The predicted octanol–water partition coefficient (Wildman–Crippen LogP) is 3.92. The molecule has 3 aromatic heterocycles. The molecule has 0 amide bonds. The molecule has 2 N–H and O–H groups in total. The van der Waals surface area contributed by atoms with Crippen LogP contribution >= 0.6 is 0 Å². The van der Waals surface area contributed by atoms with Crippen LogP contribution in [0.4, 0.5) is 17.6 Å². The van der Waals surface area contributed by atoms with E-state index in [2.05, 4.69) is 63.6 Å². The van der Waals surface area contributed by atoms with E-state index in [1.165, 1.54) is 5.56 Å². The van der Waals surface area contributed by atoms with Crippen LogP contribution in [0.15, 0.2) is 40.8 Å². The van der Waals surface area contributed by atoms with Gasteiger partial charge in [-0.25, -0.2) is 4.98 Å². The number of likely N-dealkylation sites (tertiary alicyclic amines) is 1. The van der Waals surface area contributed by atoms with Gasteiger partial charge in [-0.3, -0.25) is 5.10 Å². The van der Waals surface area contributed by atoms with E-state index in [9.17, 15) is 0 Å². The highest BCUT2D eigenvalue weighted by Gasteiger charge is 2.27. The number of hydrogen-bond donors (Lipinski definition) is 2. The van der Waals surface area contributed by atoms with E-state index < -0.39 is 0 Å². The predicted molar refractivity (Wildman–Crippen MR) is 132 cm³/mol. The van der Waals surface area contributed by atoms with Crippen LogP contribution in [0, 0.1) is 6.92 Å². The van der Waals surface area contributed by atoms with Crippen LogP contribution in [0.5, 0.6) is 0 Å². The second-order valence-corrected chi connectivity index (χ2v) is 9.24. The Balaban J connectivity index is 1.34. The molecule has 0 saturated carbocycles. The molecule has 1 aromatic carbocycles. The molecular formula is C25H29N7O2. The minimum absolute atomic E-state index is 0.386. The summed E-state index contributed by atoms with van der Waals surface area (Å²) >= 11 is 0. The fraction of sp³-hybridized carbons (Fsp3) is 0.400. The van der Waals surface area contributed by atoms with Crippen molar-refractivity contribution in [3.8, 4) is 11.3 Å². The number of aromatic amines is 1. The normalized spacial score (nSPS) is 19.2. The highest BCUT2D eigenvalue weighted by atomic mass is 16.5. The smallest absolute Gasteiger partial charge is 0.231 e. The number of aromatic nitrogens is 4. The molecule has 2 aliphatic heterocycles. The summed E-state index contributed by atoms with van der Waals surface area (Å²) in [6.45, 7) is 7.06. The van der Waals surface area contributed by atoms with Gasteiger partial charge in [-0.05, 0) is 38.6 Å². The standard InChI is InChI=1S/C25H29N7O2/c1-16-4-3-5-17(12-16)19-14-22(30-29-19)27-25-26-20-13-21(18-6-7-31(2)15-18)34-23(20)24(28-25)32-8-10-33-11-9-32/h3-5,12-14,18H,6-11,15H2,1-2H3,(H2,26,27,28,29,30). The second-order valence-electron chi connectivity index (χ2n) is 9.24. The Labute approximate surface area is 198 Å². The van der Waals surface area contributed by atoms with E-state index in [1.54, 1.807) is 0 Å². The van der Waals surface area contributed by atoms with E-state index in [4.69, 9.17) is 19.1 Å². The molecule has 0 aliphatic carbocycles. The first-order chi connectivity index (χ1) is 16.6. The summed E-state index contributed by atoms with van der Waals surface area (Å²) < 4.78 is 11.9. The summed E-state index contributed by atoms with van der Waals surface area (Å²) in [7, 11) is 2.15. The molecule has 0 bridgehead atoms. The van der Waals surface area contributed by atoms with Crippen molar-refractivity contribution in [2.75, 3.05) is 56.7 Å². The number of H-pyrrole nitrogens is 1. The lowest BCUT2D eigenvalue weighted by molar-refractivity contribution is 0.122. The van der Waals surface area contributed by atoms with Crippen molar-refractivity contribution in [1.29, 1.82) is 0 Å². The van der Waals surface area contributed by atoms with Gasteiger partial charge < -0.3 is 24.3 Å². The number of likely N-dealkylation sites (N-methyl/N-ethyl adjacent to an activating group) is 1. The van der Waals surface area contributed by atoms with E-state index in [-0.39, 0.29) is 0 Å². The van der Waals surface area contributed by atoms with Crippen LogP contribution in [-0.4, -0.2) is 71.5 Å². The molecule has 34 heavy (non-hydrogen) atoms. The average Bonchev–Trinajstić information content (AvgIpc) is 3.59. The summed E-state index contributed by atoms with van der Waals surface area (Å²) in [4.78, 5) is 14.2. The second kappa shape index (κ2) is 8.73. The quantitative estimate of drug-likeness (QED) is 0.464. The number of anilines is 3. The molecular weight excluding hydrogens is 430 g/mol. The maximum atomic E-state index is 6.38. The number of ether oxygens (including phenoxy) is 1. The number of morpholine rings is 1. The minimum atomic E-state index is 0.386. The van der Waals surface area contributed by atoms with E-state index in [0.717, 1.165) is 66.5 Å². The molecule has 2 fully saturated rings. The number of rotatable bonds is 5. The van der Waals surface area contributed by atoms with Crippen LogP contribution in [0.25, 0.3) is 22.4 Å². The zero-order chi connectivity index (χ0) is 23.1. The fourth-order valence-electron chi connectivity index (χ4n) is 4.81. The van der Waals surface area contributed by atoms with Gasteiger partial charge in [0.05, 0.1) is 18.9 Å². The first kappa shape index (κ1) is 21.1. The maximum absolute atomic E-state index is 6.38. The van der Waals surface area contributed by atoms with Crippen molar-refractivity contribution in [2.45, 2.75) is 19.3 Å². The molecule has 1 unspecified atom stereocenters. The lowest BCUT2D eigenvalue weighted by Crippen LogP contribution is -2.37. The van der Waals surface area contributed by atoms with Crippen LogP contribution in [0.1, 0.15) is 23.7 Å². The first-order valence-electron chi connectivity index (χ1n) is 11.8. The van der Waals surface area contributed by atoms with Crippen LogP contribution < -0.4 is 10.2 Å². The molecule has 9 heteroatoms. The third kappa shape index (κ3) is 4.12. The average molecular weight is 460 g/mol. The first-order valence-corrected chi connectivity index (χ1v) is 11.8. The Hall–Kier alpha value is -3.43. The summed E-state index contributed by atoms with van der Waals surface area (Å²) in [5.41, 5.74) is 4.80. The van der Waals surface area contributed by atoms with E-state index >= 15 is 0 Å². The molecule has 0 radical (unpaired) electrons. The van der Waals surface area contributed by atoms with Gasteiger partial charge in [0.25, 0.3) is 0 Å². The molecule has 9 nitrogen and oxygen atoms in total. The number of furan rings is 1. The Kier molecular flexibility index (Phi) is 5.43. The molecule has 5 heterocycles. The van der Waals surface area contributed by atoms with Crippen molar-refractivity contribution in [1.82, 2.24) is 25.1 Å². The summed E-state index contributed by atoms with van der Waals surface area (Å²) in [6.07, 6.45) is 1.09. The van der Waals surface area contributed by atoms with Gasteiger partial charge in [-0.15, -0.1) is 0 Å². The van der Waals surface area contributed by atoms with Crippen LogP contribution in [0.3, 0.4) is 0 Å². The van der Waals surface area contributed by atoms with Crippen LogP contribution in [-0.2, 0) is 4.74 Å². The summed E-state index contributed by atoms with van der Waals surface area (Å²) in [5.74, 6) is 3.36. The number of hydrogen-bond acceptors (Lipinski definition) is 8. The summed E-state index contributed by atoms with van der Waals surface area (Å²) in [5, 5.41) is 10.8. The van der Waals surface area contributed by atoms with Gasteiger partial charge in [0.2, 0.25) is 5.95 Å². The molecule has 1 atom stereocenters. The van der Waals surface area contributed by atoms with Gasteiger partial charge in [0, 0.05) is 37.7 Å². The van der Waals surface area contributed by atoms with Gasteiger partial charge in [0.1, 0.15) is 11.3 Å². The zero-order valence-corrected chi connectivity index (χ0v) is 19.5. The number of benzene rings is 1. The van der Waals surface area contributed by atoms with Crippen molar-refractivity contribution in [3.05, 3.63) is 47.7 Å². The topological polar surface area (TPSA) is 95.3 Å². The van der Waals surface area contributed by atoms with Crippen molar-refractivity contribution >= 4 is 28.7 Å². The lowest BCUT2D eigenvalue weighted by Gasteiger charge is -2.27. The number of fused-ring (bicyclic) bond motifs is 1. The molecule has 0 spiro atoms. The summed E-state index contributed by atoms with van der Waals surface area (Å²) in [6, 6.07) is 12.4. The highest BCUT2D eigenvalue weighted by molar-refractivity contribution is 5.86. The zero-order valence-electron chi connectivity index (χ0n) is 19.5. The Morgan fingerprint density at radius 2 is 1.97 bits per heavy atom. The molecule has 2 saturated heterocycles. The SMILES string of the molecule is Cc1cccc(-c2cc(Nc3nc(N4CCOCC4)c4oc(C5CCN(C)C5)cc4n3)n[nH]2)c1. The lowest BCUT2D eigenvalue weighted by atomic mass is 10.1. The monoisotopic (exact) mass is 459 g/mol. The highest BCUT2D eigenvalue weighted by Crippen LogP contribution is 2.35. The van der Waals surface area contributed by atoms with E-state index in [1.807, 2.05) is 12.1 Å². The van der Waals surface area contributed by atoms with Crippen LogP contribution in [0.2, 0.25) is 0 Å². The molecule has 2 aliphatic rings. The third-order valence-corrected chi connectivity index (χ3v) is 6.62. The Bertz CT molecular complexity index is 1310. The number of nitrogens with zero attached hydrogens (tertiary/aromatic N) is 5. The van der Waals surface area contributed by atoms with E-state index in [0.29, 0.717) is 30.9 Å². The molecule has 176 valence electrons. The van der Waals surface area contributed by atoms with Gasteiger partial charge in [0.15, 0.2) is 17.2 Å². The Morgan fingerprint density at radius 3 is 2.76 bits per heavy atom. The van der Waals surface area contributed by atoms with Gasteiger partial charge in [-0.2, -0.15) is 10.1 Å². The van der Waals surface area contributed by atoms with Gasteiger partial charge >= 0.3 is 0 Å². The maximum Gasteiger partial charge on any atom is 0.231 e. The van der Waals surface area contributed by atoms with Crippen molar-refractivity contribution < 1.29 is 9.15 Å².